The molecule has 22 heavy (non-hydrogen) atoms. The average molecular weight is 306 g/mol. The van der Waals surface area contributed by atoms with E-state index < -0.39 is 0 Å². The summed E-state index contributed by atoms with van der Waals surface area (Å²) in [5, 5.41) is 3.33. The van der Waals surface area contributed by atoms with Crippen molar-refractivity contribution in [2.24, 2.45) is 28.4 Å². The molecule has 3 nitrogen and oxygen atoms in total. The number of nitrogens with one attached hydrogen (secondary N) is 1. The van der Waals surface area contributed by atoms with Crippen molar-refractivity contribution in [3.8, 4) is 0 Å². The molecular formula is C19H34N2O. The van der Waals surface area contributed by atoms with Gasteiger partial charge in [-0.25, -0.2) is 0 Å². The number of hydrogen-bond acceptors (Lipinski definition) is 2. The Labute approximate surface area is 135 Å². The highest BCUT2D eigenvalue weighted by atomic mass is 16.2. The zero-order valence-corrected chi connectivity index (χ0v) is 14.7. The highest BCUT2D eigenvalue weighted by molar-refractivity contribution is 5.82. The molecule has 0 aliphatic heterocycles. The first-order chi connectivity index (χ1) is 10.3. The van der Waals surface area contributed by atoms with Crippen LogP contribution in [-0.4, -0.2) is 18.0 Å². The molecule has 3 N–H and O–H groups in total. The van der Waals surface area contributed by atoms with Gasteiger partial charge in [-0.3, -0.25) is 4.79 Å². The summed E-state index contributed by atoms with van der Waals surface area (Å²) in [6.07, 6.45) is 11.1. The molecule has 0 heterocycles. The van der Waals surface area contributed by atoms with E-state index in [1.165, 1.54) is 44.9 Å². The summed E-state index contributed by atoms with van der Waals surface area (Å²) in [6, 6.07) is 0.0140. The molecule has 4 atom stereocenters. The minimum Gasteiger partial charge on any atom is -0.351 e. The third-order valence-corrected chi connectivity index (χ3v) is 7.76. The molecule has 3 saturated carbocycles. The minimum absolute atomic E-state index is 0.0974. The maximum Gasteiger partial charge on any atom is 0.237 e. The van der Waals surface area contributed by atoms with Crippen molar-refractivity contribution < 1.29 is 4.79 Å². The quantitative estimate of drug-likeness (QED) is 0.833. The van der Waals surface area contributed by atoms with Crippen LogP contribution in [0.4, 0.5) is 0 Å². The van der Waals surface area contributed by atoms with E-state index in [0.29, 0.717) is 17.4 Å². The molecular weight excluding hydrogens is 272 g/mol. The number of rotatable bonds is 4. The summed E-state index contributed by atoms with van der Waals surface area (Å²) >= 11 is 0. The van der Waals surface area contributed by atoms with Crippen molar-refractivity contribution in [1.82, 2.24) is 5.32 Å². The van der Waals surface area contributed by atoms with Crippen LogP contribution in [0.1, 0.15) is 78.6 Å². The number of hydrogen-bond donors (Lipinski definition) is 2. The van der Waals surface area contributed by atoms with Crippen molar-refractivity contribution in [2.75, 3.05) is 0 Å². The smallest absolute Gasteiger partial charge is 0.237 e. The second kappa shape index (κ2) is 5.81. The van der Waals surface area contributed by atoms with E-state index in [2.05, 4.69) is 26.1 Å². The van der Waals surface area contributed by atoms with Gasteiger partial charge in [-0.2, -0.15) is 0 Å². The lowest BCUT2D eigenvalue weighted by Crippen LogP contribution is -2.52. The molecule has 0 aromatic heterocycles. The van der Waals surface area contributed by atoms with Gasteiger partial charge in [-0.15, -0.1) is 0 Å². The van der Waals surface area contributed by atoms with Crippen LogP contribution in [0, 0.1) is 22.7 Å². The van der Waals surface area contributed by atoms with Crippen LogP contribution in [0.3, 0.4) is 0 Å². The van der Waals surface area contributed by atoms with Gasteiger partial charge in [0, 0.05) is 6.04 Å². The third kappa shape index (κ3) is 2.60. The van der Waals surface area contributed by atoms with Gasteiger partial charge in [0.05, 0.1) is 6.04 Å². The predicted molar refractivity (Wildman–Crippen MR) is 90.3 cm³/mol. The molecule has 3 aliphatic carbocycles. The molecule has 3 aliphatic rings. The normalized spacial score (nSPS) is 38.9. The average Bonchev–Trinajstić information content (AvgIpc) is 2.81. The summed E-state index contributed by atoms with van der Waals surface area (Å²) in [5.74, 6) is 1.53. The number of carbonyl (C=O) groups excluding carboxylic acids is 1. The highest BCUT2D eigenvalue weighted by Crippen LogP contribution is 2.65. The van der Waals surface area contributed by atoms with Crippen LogP contribution in [0.5, 0.6) is 0 Å². The molecule has 3 fully saturated rings. The van der Waals surface area contributed by atoms with Gasteiger partial charge >= 0.3 is 0 Å². The Morgan fingerprint density at radius 3 is 2.41 bits per heavy atom. The number of fused-ring (bicyclic) bond motifs is 2. The van der Waals surface area contributed by atoms with Crippen molar-refractivity contribution in [3.05, 3.63) is 0 Å². The van der Waals surface area contributed by atoms with Crippen LogP contribution in [-0.2, 0) is 4.79 Å². The Kier molecular flexibility index (Phi) is 4.30. The molecule has 0 spiro atoms. The van der Waals surface area contributed by atoms with Gasteiger partial charge in [0.25, 0.3) is 0 Å². The van der Waals surface area contributed by atoms with Crippen molar-refractivity contribution in [1.29, 1.82) is 0 Å². The fourth-order valence-corrected chi connectivity index (χ4v) is 5.59. The molecule has 3 heteroatoms. The molecule has 1 amide bonds. The first-order valence-corrected chi connectivity index (χ1v) is 9.40. The molecule has 0 saturated heterocycles. The molecule has 0 aromatic carbocycles. The standard InChI is InChI=1S/C19H34N2O/c1-18(2)14-9-10-19(18,3)16(12-14)21-17(22)15(20)11-13-7-5-4-6-8-13/h13-16H,4-12,20H2,1-3H3,(H,21,22)/t14-,15+,16+,19+/m1/s1. The van der Waals surface area contributed by atoms with Crippen LogP contribution in [0.25, 0.3) is 0 Å². The van der Waals surface area contributed by atoms with E-state index in [1.54, 1.807) is 0 Å². The lowest BCUT2D eigenvalue weighted by atomic mass is 9.69. The molecule has 0 radical (unpaired) electrons. The van der Waals surface area contributed by atoms with Gasteiger partial charge in [-0.05, 0) is 48.3 Å². The van der Waals surface area contributed by atoms with E-state index in [9.17, 15) is 4.79 Å². The van der Waals surface area contributed by atoms with Crippen LogP contribution in [0.2, 0.25) is 0 Å². The largest absolute Gasteiger partial charge is 0.351 e. The molecule has 0 unspecified atom stereocenters. The fourth-order valence-electron chi connectivity index (χ4n) is 5.59. The second-order valence-electron chi connectivity index (χ2n) is 9.02. The zero-order valence-electron chi connectivity index (χ0n) is 14.7. The summed E-state index contributed by atoms with van der Waals surface area (Å²) in [6.45, 7) is 7.15. The minimum atomic E-state index is -0.311. The van der Waals surface area contributed by atoms with E-state index in [4.69, 9.17) is 5.73 Å². The fraction of sp³-hybridized carbons (Fsp3) is 0.947. The molecule has 3 rings (SSSR count). The second-order valence-corrected chi connectivity index (χ2v) is 9.02. The SMILES string of the molecule is CC1(C)[C@@H]2CC[C@@]1(C)[C@@H](NC(=O)[C@@H](N)CC1CCCCC1)C2. The molecule has 2 bridgehead atoms. The van der Waals surface area contributed by atoms with Gasteiger partial charge in [-0.1, -0.05) is 52.9 Å². The monoisotopic (exact) mass is 306 g/mol. The summed E-state index contributed by atoms with van der Waals surface area (Å²) in [7, 11) is 0. The van der Waals surface area contributed by atoms with E-state index in [-0.39, 0.29) is 17.4 Å². The first kappa shape index (κ1) is 16.3. The van der Waals surface area contributed by atoms with Gasteiger partial charge in [0.2, 0.25) is 5.91 Å². The van der Waals surface area contributed by atoms with Crippen molar-refractivity contribution >= 4 is 5.91 Å². The van der Waals surface area contributed by atoms with Gasteiger partial charge < -0.3 is 11.1 Å². The van der Waals surface area contributed by atoms with Crippen LogP contribution in [0.15, 0.2) is 0 Å². The Hall–Kier alpha value is -0.570. The topological polar surface area (TPSA) is 55.1 Å². The van der Waals surface area contributed by atoms with E-state index in [1.807, 2.05) is 0 Å². The van der Waals surface area contributed by atoms with E-state index in [0.717, 1.165) is 18.8 Å². The lowest BCUT2D eigenvalue weighted by molar-refractivity contribution is -0.124. The van der Waals surface area contributed by atoms with Crippen LogP contribution >= 0.6 is 0 Å². The Balaban J connectivity index is 1.56. The molecule has 0 aromatic rings. The van der Waals surface area contributed by atoms with Crippen molar-refractivity contribution in [3.63, 3.8) is 0 Å². The summed E-state index contributed by atoms with van der Waals surface area (Å²) in [4.78, 5) is 12.6. The Morgan fingerprint density at radius 2 is 1.86 bits per heavy atom. The van der Waals surface area contributed by atoms with Crippen LogP contribution < -0.4 is 11.1 Å². The lowest BCUT2D eigenvalue weighted by Gasteiger charge is -2.40. The summed E-state index contributed by atoms with van der Waals surface area (Å²) < 4.78 is 0. The third-order valence-electron chi connectivity index (χ3n) is 7.76. The Morgan fingerprint density at radius 1 is 1.18 bits per heavy atom. The first-order valence-electron chi connectivity index (χ1n) is 9.40. The van der Waals surface area contributed by atoms with Gasteiger partial charge in [0.15, 0.2) is 0 Å². The zero-order chi connectivity index (χ0) is 16.0. The molecule has 126 valence electrons. The predicted octanol–water partition coefficient (Wildman–Crippen LogP) is 3.62. The van der Waals surface area contributed by atoms with Gasteiger partial charge in [0.1, 0.15) is 0 Å². The van der Waals surface area contributed by atoms with E-state index >= 15 is 0 Å². The number of nitrogens with two attached hydrogens (primary N) is 1. The van der Waals surface area contributed by atoms with Crippen molar-refractivity contribution in [2.45, 2.75) is 90.6 Å². The maximum absolute atomic E-state index is 12.6. The highest BCUT2D eigenvalue weighted by Gasteiger charge is 2.61. The maximum atomic E-state index is 12.6. The number of carbonyl (C=O) groups is 1. The Bertz CT molecular complexity index is 427. The number of amides is 1. The summed E-state index contributed by atoms with van der Waals surface area (Å²) in [5.41, 5.74) is 6.82.